The molecule has 0 heterocycles. The quantitative estimate of drug-likeness (QED) is 0.864. The van der Waals surface area contributed by atoms with Crippen molar-refractivity contribution < 1.29 is 9.53 Å². The Balaban J connectivity index is 2.74. The van der Waals surface area contributed by atoms with Gasteiger partial charge in [0.2, 0.25) is 0 Å². The Kier molecular flexibility index (Phi) is 4.50. The minimum Gasteiger partial charge on any atom is -0.444 e. The number of anilines is 1. The molecule has 0 spiro atoms. The molecule has 0 aliphatic heterocycles. The Bertz CT molecular complexity index is 447. The van der Waals surface area contributed by atoms with Gasteiger partial charge in [-0.25, -0.2) is 4.79 Å². The molecule has 4 nitrogen and oxygen atoms in total. The first-order valence-electron chi connectivity index (χ1n) is 5.80. The van der Waals surface area contributed by atoms with Gasteiger partial charge in [0, 0.05) is 12.2 Å². The van der Waals surface area contributed by atoms with Crippen LogP contribution in [0.5, 0.6) is 0 Å². The fourth-order valence-corrected chi connectivity index (χ4v) is 1.36. The molecule has 18 heavy (non-hydrogen) atoms. The Morgan fingerprint density at radius 2 is 2.11 bits per heavy atom. The average Bonchev–Trinajstić information content (AvgIpc) is 2.25. The topological polar surface area (TPSA) is 64.3 Å². The molecule has 1 rings (SSSR count). The summed E-state index contributed by atoms with van der Waals surface area (Å²) in [5.41, 5.74) is 7.41. The highest BCUT2D eigenvalue weighted by Gasteiger charge is 2.16. The third-order valence-electron chi connectivity index (χ3n) is 2.16. The summed E-state index contributed by atoms with van der Waals surface area (Å²) in [5.74, 6) is 0. The van der Waals surface area contributed by atoms with Crippen LogP contribution in [0, 0.1) is 0 Å². The number of hydrogen-bond acceptors (Lipinski definition) is 3. The molecule has 0 saturated carbocycles. The van der Waals surface area contributed by atoms with E-state index in [2.05, 4.69) is 11.9 Å². The monoisotopic (exact) mass is 248 g/mol. The van der Waals surface area contributed by atoms with E-state index in [9.17, 15) is 4.79 Å². The van der Waals surface area contributed by atoms with E-state index < -0.39 is 11.7 Å². The van der Waals surface area contributed by atoms with Gasteiger partial charge in [-0.05, 0) is 44.0 Å². The van der Waals surface area contributed by atoms with Crippen molar-refractivity contribution in [2.75, 3.05) is 11.9 Å². The van der Waals surface area contributed by atoms with Crippen molar-refractivity contribution in [3.05, 3.63) is 36.4 Å². The maximum Gasteiger partial charge on any atom is 0.412 e. The largest absolute Gasteiger partial charge is 0.444 e. The van der Waals surface area contributed by atoms with Crippen LogP contribution in [0.25, 0.3) is 5.57 Å². The van der Waals surface area contributed by atoms with Gasteiger partial charge in [0.1, 0.15) is 5.60 Å². The zero-order valence-electron chi connectivity index (χ0n) is 11.1. The van der Waals surface area contributed by atoms with Crippen LogP contribution < -0.4 is 11.1 Å². The smallest absolute Gasteiger partial charge is 0.412 e. The number of carbonyl (C=O) groups is 1. The van der Waals surface area contributed by atoms with Crippen LogP contribution in [0.3, 0.4) is 0 Å². The van der Waals surface area contributed by atoms with Crippen LogP contribution in [-0.2, 0) is 4.74 Å². The molecule has 1 aromatic carbocycles. The molecule has 0 unspecified atom stereocenters. The Morgan fingerprint density at radius 1 is 1.44 bits per heavy atom. The summed E-state index contributed by atoms with van der Waals surface area (Å²) in [6, 6.07) is 7.34. The van der Waals surface area contributed by atoms with Gasteiger partial charge in [-0.15, -0.1) is 0 Å². The summed E-state index contributed by atoms with van der Waals surface area (Å²) in [5, 5.41) is 2.67. The molecule has 0 bridgehead atoms. The third-order valence-corrected chi connectivity index (χ3v) is 2.16. The lowest BCUT2D eigenvalue weighted by Gasteiger charge is -2.19. The molecule has 0 radical (unpaired) electrons. The molecule has 0 fully saturated rings. The summed E-state index contributed by atoms with van der Waals surface area (Å²) >= 11 is 0. The van der Waals surface area contributed by atoms with Crippen LogP contribution in [0.4, 0.5) is 10.5 Å². The van der Waals surface area contributed by atoms with E-state index in [1.807, 2.05) is 39.0 Å². The maximum absolute atomic E-state index is 11.6. The molecule has 0 atom stereocenters. The first kappa shape index (κ1) is 14.3. The van der Waals surface area contributed by atoms with Crippen molar-refractivity contribution in [1.82, 2.24) is 0 Å². The van der Waals surface area contributed by atoms with Crippen LogP contribution >= 0.6 is 0 Å². The van der Waals surface area contributed by atoms with E-state index in [1.165, 1.54) is 0 Å². The van der Waals surface area contributed by atoms with Crippen LogP contribution in [0.15, 0.2) is 30.8 Å². The Morgan fingerprint density at radius 3 is 2.67 bits per heavy atom. The number of benzene rings is 1. The molecule has 0 saturated heterocycles. The fraction of sp³-hybridized carbons (Fsp3) is 0.357. The molecular weight excluding hydrogens is 228 g/mol. The van der Waals surface area contributed by atoms with Crippen LogP contribution in [0.2, 0.25) is 0 Å². The van der Waals surface area contributed by atoms with Gasteiger partial charge in [0.25, 0.3) is 0 Å². The van der Waals surface area contributed by atoms with E-state index in [-0.39, 0.29) is 0 Å². The van der Waals surface area contributed by atoms with Gasteiger partial charge in [-0.1, -0.05) is 18.7 Å². The summed E-state index contributed by atoms with van der Waals surface area (Å²) in [7, 11) is 0. The Hall–Kier alpha value is -1.81. The highest BCUT2D eigenvalue weighted by molar-refractivity contribution is 5.85. The van der Waals surface area contributed by atoms with Crippen LogP contribution in [-0.4, -0.2) is 18.2 Å². The number of ether oxygens (including phenoxy) is 1. The number of nitrogens with two attached hydrogens (primary N) is 1. The summed E-state index contributed by atoms with van der Waals surface area (Å²) in [4.78, 5) is 11.6. The van der Waals surface area contributed by atoms with E-state index in [1.54, 1.807) is 6.07 Å². The summed E-state index contributed by atoms with van der Waals surface area (Å²) < 4.78 is 5.17. The summed E-state index contributed by atoms with van der Waals surface area (Å²) in [6.45, 7) is 9.70. The third kappa shape index (κ3) is 4.59. The number of rotatable bonds is 3. The second kappa shape index (κ2) is 5.69. The second-order valence-electron chi connectivity index (χ2n) is 5.02. The Labute approximate surface area is 108 Å². The average molecular weight is 248 g/mol. The van der Waals surface area contributed by atoms with E-state index in [0.29, 0.717) is 12.2 Å². The van der Waals surface area contributed by atoms with Gasteiger partial charge in [-0.3, -0.25) is 5.32 Å². The highest BCUT2D eigenvalue weighted by atomic mass is 16.6. The van der Waals surface area contributed by atoms with E-state index >= 15 is 0 Å². The predicted molar refractivity (Wildman–Crippen MR) is 74.4 cm³/mol. The van der Waals surface area contributed by atoms with Gasteiger partial charge in [0.05, 0.1) is 0 Å². The number of hydrogen-bond donors (Lipinski definition) is 2. The second-order valence-corrected chi connectivity index (χ2v) is 5.02. The number of carbonyl (C=O) groups excluding carboxylic acids is 1. The first-order chi connectivity index (χ1) is 8.31. The van der Waals surface area contributed by atoms with E-state index in [0.717, 1.165) is 11.1 Å². The molecule has 0 aliphatic carbocycles. The molecule has 4 heteroatoms. The highest BCUT2D eigenvalue weighted by Crippen LogP contribution is 2.17. The lowest BCUT2D eigenvalue weighted by atomic mass is 10.1. The van der Waals surface area contributed by atoms with Crippen molar-refractivity contribution in [2.24, 2.45) is 5.73 Å². The zero-order valence-corrected chi connectivity index (χ0v) is 11.1. The molecule has 0 aliphatic rings. The lowest BCUT2D eigenvalue weighted by Crippen LogP contribution is -2.27. The van der Waals surface area contributed by atoms with Crippen molar-refractivity contribution in [2.45, 2.75) is 26.4 Å². The van der Waals surface area contributed by atoms with Crippen molar-refractivity contribution in [1.29, 1.82) is 0 Å². The van der Waals surface area contributed by atoms with Gasteiger partial charge in [-0.2, -0.15) is 0 Å². The fourth-order valence-electron chi connectivity index (χ4n) is 1.36. The molecule has 1 aromatic rings. The molecule has 1 amide bonds. The van der Waals surface area contributed by atoms with E-state index in [4.69, 9.17) is 10.5 Å². The first-order valence-corrected chi connectivity index (χ1v) is 5.80. The maximum atomic E-state index is 11.6. The number of nitrogens with one attached hydrogen (secondary N) is 1. The van der Waals surface area contributed by atoms with Crippen molar-refractivity contribution >= 4 is 17.4 Å². The van der Waals surface area contributed by atoms with Gasteiger partial charge in [0.15, 0.2) is 0 Å². The molecular formula is C14H20N2O2. The van der Waals surface area contributed by atoms with Crippen molar-refractivity contribution in [3.63, 3.8) is 0 Å². The molecule has 3 N–H and O–H groups in total. The van der Waals surface area contributed by atoms with Crippen molar-refractivity contribution in [3.8, 4) is 0 Å². The minimum absolute atomic E-state index is 0.385. The SMILES string of the molecule is C=C(CN)c1cccc(NC(=O)OC(C)(C)C)c1. The normalized spacial score (nSPS) is 10.9. The lowest BCUT2D eigenvalue weighted by molar-refractivity contribution is 0.0636. The predicted octanol–water partition coefficient (Wildman–Crippen LogP) is 3.01. The molecule has 0 aromatic heterocycles. The number of amides is 1. The summed E-state index contributed by atoms with van der Waals surface area (Å²) in [6.07, 6.45) is -0.474. The van der Waals surface area contributed by atoms with Gasteiger partial charge >= 0.3 is 6.09 Å². The standard InChI is InChI=1S/C14H20N2O2/c1-10(9-15)11-6-5-7-12(8-11)16-13(17)18-14(2,3)4/h5-8H,1,9,15H2,2-4H3,(H,16,17). The minimum atomic E-state index is -0.511. The van der Waals surface area contributed by atoms with Crippen LogP contribution in [0.1, 0.15) is 26.3 Å². The molecule has 98 valence electrons. The van der Waals surface area contributed by atoms with Gasteiger partial charge < -0.3 is 10.5 Å². The zero-order chi connectivity index (χ0) is 13.8.